The third-order valence-electron chi connectivity index (χ3n) is 0.500. The summed E-state index contributed by atoms with van der Waals surface area (Å²) in [5.41, 5.74) is 0. The summed E-state index contributed by atoms with van der Waals surface area (Å²) in [5.74, 6) is 0.167. The first-order valence-corrected chi connectivity index (χ1v) is 3.32. The second-order valence-corrected chi connectivity index (χ2v) is 1.91. The molecule has 0 rings (SSSR count). The molecule has 0 aromatic heterocycles. The predicted octanol–water partition coefficient (Wildman–Crippen LogP) is 3.00. The fourth-order valence-electron chi connectivity index (χ4n) is 0. The summed E-state index contributed by atoms with van der Waals surface area (Å²) in [7, 11) is 0. The van der Waals surface area contributed by atoms with Gasteiger partial charge in [0, 0.05) is 0 Å². The first kappa shape index (κ1) is 22.4. The van der Waals surface area contributed by atoms with Gasteiger partial charge in [-0.25, -0.2) is 0 Å². The Bertz CT molecular complexity index is 68.9. The zero-order chi connectivity index (χ0) is 8.99. The van der Waals surface area contributed by atoms with Crippen molar-refractivity contribution in [1.82, 2.24) is 0 Å². The molecule has 0 saturated heterocycles. The third kappa shape index (κ3) is 3070. The molecule has 0 aromatic rings. The first-order valence-electron chi connectivity index (χ1n) is 3.32. The van der Waals surface area contributed by atoms with Crippen molar-refractivity contribution < 1.29 is 9.45 Å². The van der Waals surface area contributed by atoms with Crippen molar-refractivity contribution in [2.45, 2.75) is 48.0 Å². The van der Waals surface area contributed by atoms with Crippen LogP contribution in [0.5, 0.6) is 0 Å². The maximum absolute atomic E-state index is 9.44. The molecule has 11 heavy (non-hydrogen) atoms. The molecule has 2 heteroatoms. The van der Waals surface area contributed by atoms with E-state index in [1.165, 1.54) is 26.7 Å². The molecule has 2 nitrogen and oxygen atoms in total. The van der Waals surface area contributed by atoms with Crippen molar-refractivity contribution in [2.24, 2.45) is 0 Å². The molecule has 0 bridgehead atoms. The molecule has 0 amide bonds. The van der Waals surface area contributed by atoms with Gasteiger partial charge in [0.1, 0.15) is 5.78 Å². The number of Topliss-reactive ketones (excluding diaryl/α,β-unsaturated/α-hetero) is 1. The van der Waals surface area contributed by atoms with E-state index < -0.39 is 0 Å². The molecule has 68 valence electrons. The maximum atomic E-state index is 9.44. The Morgan fingerprint density at radius 3 is 1.27 bits per heavy atom. The van der Waals surface area contributed by atoms with Gasteiger partial charge in [0.15, 0.2) is 0 Å². The molecule has 0 spiro atoms. The van der Waals surface area contributed by atoms with Crippen LogP contribution in [0.1, 0.15) is 48.0 Å². The average molecular weight is 160 g/mol. The minimum atomic E-state index is 0. The molecule has 0 aliphatic heterocycles. The summed E-state index contributed by atoms with van der Waals surface area (Å²) in [6.45, 7) is 11.9. The standard InChI is InChI=1S/C4H10.C3H6O.CO.CH4/c1-3-4-2;1-3(2)4;1-2;/h3-4H2,1-2H3;1-2H3;;1H4. The summed E-state index contributed by atoms with van der Waals surface area (Å²) in [6, 6.07) is 0. The normalized spacial score (nSPS) is 5.27. The number of unbranched alkanes of at least 4 members (excludes halogenated alkanes) is 1. The number of hydrogen-bond donors (Lipinski definition) is 0. The van der Waals surface area contributed by atoms with Gasteiger partial charge in [-0.15, -0.1) is 0 Å². The zero-order valence-electron chi connectivity index (χ0n) is 7.23. The quantitative estimate of drug-likeness (QED) is 0.429. The Hall–Kier alpha value is -0.590. The number of rotatable bonds is 1. The van der Waals surface area contributed by atoms with Crippen LogP contribution in [0.3, 0.4) is 0 Å². The predicted molar refractivity (Wildman–Crippen MR) is 47.6 cm³/mol. The van der Waals surface area contributed by atoms with E-state index in [-0.39, 0.29) is 13.2 Å². The average Bonchev–Trinajstić information content (AvgIpc) is 1.91. The number of ketones is 1. The number of carbonyl (C=O) groups excluding carboxylic acids is 1. The summed E-state index contributed by atoms with van der Waals surface area (Å²) in [4.78, 5) is 9.44. The van der Waals surface area contributed by atoms with Gasteiger partial charge in [-0.05, 0) is 13.8 Å². The van der Waals surface area contributed by atoms with Crippen LogP contribution in [0.25, 0.3) is 0 Å². The summed E-state index contributed by atoms with van der Waals surface area (Å²) in [6.07, 6.45) is 2.64. The molecule has 0 atom stereocenters. The van der Waals surface area contributed by atoms with Gasteiger partial charge in [-0.3, -0.25) is 0 Å². The van der Waals surface area contributed by atoms with Gasteiger partial charge in [0.25, 0.3) is 0 Å². The van der Waals surface area contributed by atoms with Crippen LogP contribution in [0.2, 0.25) is 0 Å². The molecular weight excluding hydrogens is 140 g/mol. The SMILES string of the molecule is C.CC(C)=O.CCCC.[C-]#[O+]. The van der Waals surface area contributed by atoms with Crippen LogP contribution in [-0.2, 0) is 9.45 Å². The zero-order valence-corrected chi connectivity index (χ0v) is 7.23. The molecule has 0 aliphatic carbocycles. The van der Waals surface area contributed by atoms with Crippen LogP contribution in [-0.4, -0.2) is 5.78 Å². The second-order valence-electron chi connectivity index (χ2n) is 1.91. The van der Waals surface area contributed by atoms with Gasteiger partial charge in [0.05, 0.1) is 0 Å². The van der Waals surface area contributed by atoms with Crippen LogP contribution in [0.15, 0.2) is 0 Å². The fraction of sp³-hybridized carbons (Fsp3) is 0.778. The van der Waals surface area contributed by atoms with E-state index >= 15 is 0 Å². The van der Waals surface area contributed by atoms with Crippen molar-refractivity contribution in [3.05, 3.63) is 6.65 Å². The minimum absolute atomic E-state index is 0. The van der Waals surface area contributed by atoms with E-state index in [4.69, 9.17) is 4.65 Å². The molecule has 0 aromatic carbocycles. The third-order valence-corrected chi connectivity index (χ3v) is 0.500. The van der Waals surface area contributed by atoms with Crippen LogP contribution >= 0.6 is 0 Å². The van der Waals surface area contributed by atoms with Crippen molar-refractivity contribution >= 4 is 5.78 Å². The topological polar surface area (TPSA) is 37.0 Å². The van der Waals surface area contributed by atoms with Crippen LogP contribution in [0.4, 0.5) is 0 Å². The van der Waals surface area contributed by atoms with E-state index in [1.54, 1.807) is 0 Å². The molecule has 0 heterocycles. The van der Waals surface area contributed by atoms with E-state index in [0.29, 0.717) is 0 Å². The second kappa shape index (κ2) is 34.2. The van der Waals surface area contributed by atoms with E-state index in [0.717, 1.165) is 0 Å². The van der Waals surface area contributed by atoms with Crippen molar-refractivity contribution in [1.29, 1.82) is 0 Å². The van der Waals surface area contributed by atoms with Gasteiger partial charge in [-0.1, -0.05) is 34.1 Å². The number of carbonyl (C=O) groups is 1. The van der Waals surface area contributed by atoms with E-state index in [2.05, 4.69) is 20.5 Å². The monoisotopic (exact) mass is 160 g/mol. The first-order chi connectivity index (χ1) is 4.65. The van der Waals surface area contributed by atoms with Gasteiger partial charge in [0.2, 0.25) is 0 Å². The van der Waals surface area contributed by atoms with Crippen LogP contribution in [0, 0.1) is 6.65 Å². The molecular formula is C9H20O2. The van der Waals surface area contributed by atoms with E-state index in [9.17, 15) is 4.79 Å². The summed E-state index contributed by atoms with van der Waals surface area (Å²) < 4.78 is 7.50. The Balaban J connectivity index is -0.0000000339. The van der Waals surface area contributed by atoms with Crippen molar-refractivity contribution in [2.75, 3.05) is 0 Å². The molecule has 0 N–H and O–H groups in total. The van der Waals surface area contributed by atoms with Gasteiger partial charge in [-0.2, -0.15) is 0 Å². The molecule has 0 unspecified atom stereocenters. The fourth-order valence-corrected chi connectivity index (χ4v) is 0. The van der Waals surface area contributed by atoms with E-state index in [1.807, 2.05) is 0 Å². The van der Waals surface area contributed by atoms with Crippen molar-refractivity contribution in [3.8, 4) is 0 Å². The van der Waals surface area contributed by atoms with Gasteiger partial charge < -0.3 is 4.79 Å². The molecule has 0 saturated carbocycles. The van der Waals surface area contributed by atoms with Gasteiger partial charge >= 0.3 is 11.3 Å². The Kier molecular flexibility index (Phi) is 69.8. The Labute approximate surface area is 70.7 Å². The Morgan fingerprint density at radius 1 is 1.18 bits per heavy atom. The summed E-state index contributed by atoms with van der Waals surface area (Å²) >= 11 is 0. The molecule has 0 radical (unpaired) electrons. The number of hydrogen-bond acceptors (Lipinski definition) is 1. The van der Waals surface area contributed by atoms with Crippen LogP contribution < -0.4 is 0 Å². The molecule has 0 aliphatic rings. The summed E-state index contributed by atoms with van der Waals surface area (Å²) in [5, 5.41) is 0. The van der Waals surface area contributed by atoms with Crippen molar-refractivity contribution in [3.63, 3.8) is 0 Å². The Morgan fingerprint density at radius 2 is 1.27 bits per heavy atom. The molecule has 0 fully saturated rings.